The van der Waals surface area contributed by atoms with Crippen LogP contribution in [0, 0.1) is 5.41 Å². The van der Waals surface area contributed by atoms with Crippen molar-refractivity contribution in [3.05, 3.63) is 0 Å². The zero-order valence-corrected chi connectivity index (χ0v) is 47.3. The summed E-state index contributed by atoms with van der Waals surface area (Å²) in [4.78, 5) is 37.5. The Bertz CT molecular complexity index is 1560. The van der Waals surface area contributed by atoms with Gasteiger partial charge in [0.05, 0.1) is 158 Å². The molecule has 33 nitrogen and oxygen atoms in total. The second-order valence-corrected chi connectivity index (χ2v) is 19.4. The van der Waals surface area contributed by atoms with Crippen LogP contribution in [0.4, 0.5) is 0 Å². The molecule has 0 aromatic heterocycles. The van der Waals surface area contributed by atoms with E-state index in [1.807, 2.05) is 6.92 Å². The number of ether oxygens (including phenoxy) is 14. The summed E-state index contributed by atoms with van der Waals surface area (Å²) in [6, 6.07) is 0. The number of carbonyl (C=O) groups excluding carboxylic acids is 3. The number of hydrogen-bond donors (Lipinski definition) is 16. The van der Waals surface area contributed by atoms with Crippen LogP contribution < -0.4 is 16.0 Å². The topological polar surface area (TPSA) is 480 Å². The Kier molecular flexibility index (Phi) is 42.8. The van der Waals surface area contributed by atoms with Crippen molar-refractivity contribution in [2.75, 3.05) is 178 Å². The molecule has 0 radical (unpaired) electrons. The maximum atomic E-state index is 12.5. The molecule has 2 heterocycles. The van der Waals surface area contributed by atoms with Gasteiger partial charge in [0.25, 0.3) is 0 Å². The van der Waals surface area contributed by atoms with Gasteiger partial charge in [-0.2, -0.15) is 0 Å². The van der Waals surface area contributed by atoms with Crippen LogP contribution in [-0.2, 0) is 80.7 Å². The van der Waals surface area contributed by atoms with E-state index >= 15 is 0 Å². The molecule has 16 N–H and O–H groups in total. The van der Waals surface area contributed by atoms with E-state index in [1.165, 1.54) is 0 Å². The molecule has 0 spiro atoms. The zero-order chi connectivity index (χ0) is 61.3. The van der Waals surface area contributed by atoms with E-state index in [4.69, 9.17) is 71.4 Å². The standard InChI is InChI=1S/C50H95N3O30/c1-50(30-76-10-3-36(58)51-6-13-70-16-19-73-22-25-79-47(69)44(66)39(61)33(57)2-9-54,31-77-11-4-37(59)52-7-14-71-17-20-74-23-26-80-48-45(67)42(64)40(62)34(28-55)82-48)32-78-12-5-38(60)53-8-15-72-18-21-75-24-27-81-49-46(68)43(65)41(63)35(29-56)83-49/h33-35,39-49,54-57,61-69H,2-32H2,1H3,(H,51,58)(H,52,59)(H,53,60)/t33-,34?,35?,39?,40-,41-,42?,43?,44-,45-,46-,47-,48+,49+,50?/m1/s1. The van der Waals surface area contributed by atoms with Crippen molar-refractivity contribution in [2.45, 2.75) is 119 Å². The van der Waals surface area contributed by atoms with Gasteiger partial charge in [0, 0.05) is 50.9 Å². The van der Waals surface area contributed by atoms with Crippen molar-refractivity contribution in [2.24, 2.45) is 5.41 Å². The molecule has 2 aliphatic rings. The fourth-order valence-electron chi connectivity index (χ4n) is 7.48. The second-order valence-electron chi connectivity index (χ2n) is 19.4. The lowest BCUT2D eigenvalue weighted by Gasteiger charge is -2.39. The van der Waals surface area contributed by atoms with Gasteiger partial charge in [-0.3, -0.25) is 14.4 Å². The Morgan fingerprint density at radius 1 is 0.434 bits per heavy atom. The number of hydrogen-bond acceptors (Lipinski definition) is 30. The van der Waals surface area contributed by atoms with Crippen LogP contribution in [0.3, 0.4) is 0 Å². The molecular weight excluding hydrogens is 1120 g/mol. The van der Waals surface area contributed by atoms with Crippen LogP contribution in [-0.4, -0.2) is 348 Å². The monoisotopic (exact) mass is 1220 g/mol. The fourth-order valence-corrected chi connectivity index (χ4v) is 7.48. The first-order chi connectivity index (χ1) is 39.9. The van der Waals surface area contributed by atoms with Crippen molar-refractivity contribution < 1.29 is 147 Å². The van der Waals surface area contributed by atoms with Crippen molar-refractivity contribution in [1.82, 2.24) is 16.0 Å². The third kappa shape index (κ3) is 33.3. The molecule has 0 aromatic rings. The third-order valence-electron chi connectivity index (χ3n) is 12.3. The summed E-state index contributed by atoms with van der Waals surface area (Å²) in [5.74, 6) is -0.868. The van der Waals surface area contributed by atoms with Crippen LogP contribution in [0.5, 0.6) is 0 Å². The van der Waals surface area contributed by atoms with Gasteiger partial charge in [0.1, 0.15) is 61.0 Å². The first kappa shape index (κ1) is 76.4. The largest absolute Gasteiger partial charge is 0.396 e. The van der Waals surface area contributed by atoms with E-state index in [-0.39, 0.29) is 202 Å². The SMILES string of the molecule is CC(COCCC(=O)NCCOCCOCCO[C@H]1OC(CO)[C@@H](O)C(O)[C@H]1O)(COCCC(=O)NCCOCCOCCO[C@H]1OC(CO)[C@@H](O)C(O)[C@H]1O)COCCC(=O)NCCOCCOCCO[C@@H](O)[C@H](O)C(O)[C@H](O)CCO. The van der Waals surface area contributed by atoms with E-state index in [9.17, 15) is 75.7 Å². The summed E-state index contributed by atoms with van der Waals surface area (Å²) >= 11 is 0. The number of aliphatic hydroxyl groups is 13. The molecule has 14 atom stereocenters. The van der Waals surface area contributed by atoms with Crippen molar-refractivity contribution in [3.8, 4) is 0 Å². The third-order valence-corrected chi connectivity index (χ3v) is 12.3. The number of rotatable bonds is 52. The van der Waals surface area contributed by atoms with Crippen LogP contribution >= 0.6 is 0 Å². The summed E-state index contributed by atoms with van der Waals surface area (Å²) in [5.41, 5.74) is -0.761. The number of amides is 3. The van der Waals surface area contributed by atoms with E-state index in [2.05, 4.69) is 16.0 Å². The Morgan fingerprint density at radius 2 is 0.771 bits per heavy atom. The molecule has 2 aliphatic heterocycles. The lowest BCUT2D eigenvalue weighted by atomic mass is 9.94. The van der Waals surface area contributed by atoms with Crippen molar-refractivity contribution >= 4 is 17.7 Å². The van der Waals surface area contributed by atoms with Crippen LogP contribution in [0.15, 0.2) is 0 Å². The molecule has 0 saturated carbocycles. The minimum absolute atomic E-state index is 0.0130. The molecule has 2 saturated heterocycles. The van der Waals surface area contributed by atoms with Gasteiger partial charge in [0.2, 0.25) is 17.7 Å². The van der Waals surface area contributed by atoms with Gasteiger partial charge >= 0.3 is 0 Å². The molecule has 33 heteroatoms. The zero-order valence-electron chi connectivity index (χ0n) is 47.3. The van der Waals surface area contributed by atoms with Crippen LogP contribution in [0.25, 0.3) is 0 Å². The average molecular weight is 1220 g/mol. The van der Waals surface area contributed by atoms with Crippen molar-refractivity contribution in [3.63, 3.8) is 0 Å². The fraction of sp³-hybridized carbons (Fsp3) is 0.940. The highest BCUT2D eigenvalue weighted by molar-refractivity contribution is 5.76. The minimum atomic E-state index is -1.80. The van der Waals surface area contributed by atoms with E-state index in [1.54, 1.807) is 0 Å². The molecule has 3 amide bonds. The van der Waals surface area contributed by atoms with Crippen molar-refractivity contribution in [1.29, 1.82) is 0 Å². The molecule has 0 aliphatic carbocycles. The Morgan fingerprint density at radius 3 is 1.12 bits per heavy atom. The molecule has 2 fully saturated rings. The predicted molar refractivity (Wildman–Crippen MR) is 279 cm³/mol. The quantitative estimate of drug-likeness (QED) is 0.0199. The van der Waals surface area contributed by atoms with Crippen LogP contribution in [0.1, 0.15) is 32.6 Å². The maximum Gasteiger partial charge on any atom is 0.222 e. The van der Waals surface area contributed by atoms with E-state index in [0.717, 1.165) is 0 Å². The van der Waals surface area contributed by atoms with Gasteiger partial charge in [0.15, 0.2) is 18.9 Å². The van der Waals surface area contributed by atoms with Gasteiger partial charge in [-0.25, -0.2) is 0 Å². The summed E-state index contributed by atoms with van der Waals surface area (Å²) in [5, 5.41) is 134. The van der Waals surface area contributed by atoms with Gasteiger partial charge in [-0.15, -0.1) is 0 Å². The van der Waals surface area contributed by atoms with Gasteiger partial charge < -0.3 is 149 Å². The molecule has 2 rings (SSSR count). The molecular formula is C50H95N3O30. The smallest absolute Gasteiger partial charge is 0.222 e. The summed E-state index contributed by atoms with van der Waals surface area (Å²) < 4.78 is 76.3. The average Bonchev–Trinajstić information content (AvgIpc) is 3.54. The molecule has 0 aromatic carbocycles. The number of carbonyl (C=O) groups is 3. The minimum Gasteiger partial charge on any atom is -0.396 e. The summed E-state index contributed by atoms with van der Waals surface area (Å²) in [6.07, 6.45) is -20.7. The lowest BCUT2D eigenvalue weighted by molar-refractivity contribution is -0.302. The Balaban J connectivity index is 1.64. The summed E-state index contributed by atoms with van der Waals surface area (Å²) in [6.45, 7) is 3.13. The second kappa shape index (κ2) is 46.5. The Labute approximate surface area is 482 Å². The first-order valence-corrected chi connectivity index (χ1v) is 27.7. The highest BCUT2D eigenvalue weighted by Crippen LogP contribution is 2.24. The van der Waals surface area contributed by atoms with Gasteiger partial charge in [-0.1, -0.05) is 6.92 Å². The van der Waals surface area contributed by atoms with Crippen LogP contribution in [0.2, 0.25) is 0 Å². The van der Waals surface area contributed by atoms with E-state index < -0.39 is 111 Å². The Hall–Kier alpha value is -2.67. The first-order valence-electron chi connectivity index (χ1n) is 27.7. The summed E-state index contributed by atoms with van der Waals surface area (Å²) in [7, 11) is 0. The molecule has 5 unspecified atom stereocenters. The highest BCUT2D eigenvalue weighted by atomic mass is 16.7. The molecule has 490 valence electrons. The molecule has 83 heavy (non-hydrogen) atoms. The number of nitrogens with one attached hydrogen (secondary N) is 3. The normalized spacial score (nSPS) is 25.1. The predicted octanol–water partition coefficient (Wildman–Crippen LogP) is -8.91. The maximum absolute atomic E-state index is 12.5. The van der Waals surface area contributed by atoms with Gasteiger partial charge in [-0.05, 0) is 6.42 Å². The highest BCUT2D eigenvalue weighted by Gasteiger charge is 2.45. The lowest BCUT2D eigenvalue weighted by Crippen LogP contribution is -2.59. The molecule has 0 bridgehead atoms. The van der Waals surface area contributed by atoms with E-state index in [0.29, 0.717) is 0 Å². The number of aliphatic hydroxyl groups excluding tert-OH is 13.